The van der Waals surface area contributed by atoms with Gasteiger partial charge in [0, 0.05) is 44.4 Å². The molecule has 1 aliphatic rings. The fourth-order valence-corrected chi connectivity index (χ4v) is 3.30. The van der Waals surface area contributed by atoms with E-state index in [1.165, 1.54) is 25.7 Å². The van der Waals surface area contributed by atoms with Gasteiger partial charge in [0.1, 0.15) is 5.82 Å². The summed E-state index contributed by atoms with van der Waals surface area (Å²) in [7, 11) is 1.49. The van der Waals surface area contributed by atoms with E-state index in [9.17, 15) is 9.59 Å². The SMILES string of the molecule is COc1cc(C(=CN)C(=O)Nc2ccc(C(=O)NCCC3CCOCC3)cn2)ccn1. The quantitative estimate of drug-likeness (QED) is 0.552. The third-order valence-electron chi connectivity index (χ3n) is 5.11. The Balaban J connectivity index is 1.54. The first-order valence-electron chi connectivity index (χ1n) is 10.2. The predicted molar refractivity (Wildman–Crippen MR) is 116 cm³/mol. The largest absolute Gasteiger partial charge is 0.481 e. The van der Waals surface area contributed by atoms with E-state index in [-0.39, 0.29) is 11.5 Å². The molecule has 0 unspecified atom stereocenters. The summed E-state index contributed by atoms with van der Waals surface area (Å²) in [5.41, 5.74) is 6.89. The fourth-order valence-electron chi connectivity index (χ4n) is 3.30. The summed E-state index contributed by atoms with van der Waals surface area (Å²) in [4.78, 5) is 33.1. The van der Waals surface area contributed by atoms with Crippen LogP contribution < -0.4 is 21.1 Å². The summed E-state index contributed by atoms with van der Waals surface area (Å²) >= 11 is 0. The molecule has 9 nitrogen and oxygen atoms in total. The number of carbonyl (C=O) groups excluding carboxylic acids is 2. The Morgan fingerprint density at radius 1 is 1.23 bits per heavy atom. The molecule has 2 aromatic rings. The molecule has 31 heavy (non-hydrogen) atoms. The fraction of sp³-hybridized carbons (Fsp3) is 0.364. The summed E-state index contributed by atoms with van der Waals surface area (Å²) in [6.07, 6.45) is 7.18. The van der Waals surface area contributed by atoms with Gasteiger partial charge >= 0.3 is 0 Å². The molecule has 2 aromatic heterocycles. The first-order valence-corrected chi connectivity index (χ1v) is 10.2. The van der Waals surface area contributed by atoms with Crippen LogP contribution in [0.4, 0.5) is 5.82 Å². The lowest BCUT2D eigenvalue weighted by molar-refractivity contribution is -0.111. The number of nitrogens with two attached hydrogens (primary N) is 1. The average Bonchev–Trinajstić information content (AvgIpc) is 2.81. The number of pyridine rings is 2. The van der Waals surface area contributed by atoms with Crippen LogP contribution in [0.1, 0.15) is 35.2 Å². The van der Waals surface area contributed by atoms with Gasteiger partial charge in [0.2, 0.25) is 5.88 Å². The van der Waals surface area contributed by atoms with Crippen molar-refractivity contribution < 1.29 is 19.1 Å². The van der Waals surface area contributed by atoms with Gasteiger partial charge in [-0.3, -0.25) is 9.59 Å². The van der Waals surface area contributed by atoms with Crippen molar-refractivity contribution in [2.24, 2.45) is 11.7 Å². The lowest BCUT2D eigenvalue weighted by atomic mass is 9.97. The number of ether oxygens (including phenoxy) is 2. The van der Waals surface area contributed by atoms with Gasteiger partial charge in [-0.25, -0.2) is 9.97 Å². The maximum Gasteiger partial charge on any atom is 0.258 e. The van der Waals surface area contributed by atoms with Gasteiger partial charge in [-0.1, -0.05) is 0 Å². The zero-order chi connectivity index (χ0) is 22.1. The second kappa shape index (κ2) is 11.1. The first kappa shape index (κ1) is 22.2. The highest BCUT2D eigenvalue weighted by molar-refractivity contribution is 6.25. The van der Waals surface area contributed by atoms with Crippen LogP contribution in [0, 0.1) is 5.92 Å². The van der Waals surface area contributed by atoms with E-state index in [2.05, 4.69) is 20.6 Å². The molecule has 1 fully saturated rings. The number of amides is 2. The molecule has 0 aliphatic carbocycles. The van der Waals surface area contributed by atoms with Crippen LogP contribution in [0.2, 0.25) is 0 Å². The molecule has 0 bridgehead atoms. The minimum Gasteiger partial charge on any atom is -0.481 e. The molecule has 4 N–H and O–H groups in total. The first-order chi connectivity index (χ1) is 15.1. The highest BCUT2D eigenvalue weighted by Crippen LogP contribution is 2.19. The van der Waals surface area contributed by atoms with Crippen LogP contribution in [0.15, 0.2) is 42.9 Å². The highest BCUT2D eigenvalue weighted by Gasteiger charge is 2.16. The molecule has 3 rings (SSSR count). The van der Waals surface area contributed by atoms with Crippen molar-refractivity contribution in [2.45, 2.75) is 19.3 Å². The number of carbonyl (C=O) groups is 2. The number of nitrogens with one attached hydrogen (secondary N) is 2. The van der Waals surface area contributed by atoms with Crippen LogP contribution >= 0.6 is 0 Å². The van der Waals surface area contributed by atoms with Gasteiger partial charge in [-0.05, 0) is 48.9 Å². The van der Waals surface area contributed by atoms with Crippen LogP contribution in [-0.4, -0.2) is 48.7 Å². The molecule has 1 aliphatic heterocycles. The van der Waals surface area contributed by atoms with Gasteiger partial charge in [-0.15, -0.1) is 0 Å². The van der Waals surface area contributed by atoms with E-state index in [0.29, 0.717) is 35.3 Å². The summed E-state index contributed by atoms with van der Waals surface area (Å²) in [6, 6.07) is 6.46. The summed E-state index contributed by atoms with van der Waals surface area (Å²) in [5.74, 6) is 0.648. The number of hydrogen-bond acceptors (Lipinski definition) is 7. The van der Waals surface area contributed by atoms with Gasteiger partial charge in [0.25, 0.3) is 11.8 Å². The molecule has 2 amide bonds. The van der Waals surface area contributed by atoms with Crippen LogP contribution in [0.3, 0.4) is 0 Å². The van der Waals surface area contributed by atoms with Crippen molar-refractivity contribution in [1.82, 2.24) is 15.3 Å². The molecule has 3 heterocycles. The van der Waals surface area contributed by atoms with Gasteiger partial charge in [0.05, 0.1) is 18.2 Å². The Labute approximate surface area is 181 Å². The molecule has 0 atom stereocenters. The number of aromatic nitrogens is 2. The van der Waals surface area contributed by atoms with Crippen molar-refractivity contribution in [3.8, 4) is 5.88 Å². The van der Waals surface area contributed by atoms with Crippen molar-refractivity contribution in [1.29, 1.82) is 0 Å². The smallest absolute Gasteiger partial charge is 0.258 e. The molecule has 0 saturated carbocycles. The van der Waals surface area contributed by atoms with E-state index < -0.39 is 5.91 Å². The monoisotopic (exact) mass is 425 g/mol. The molecular weight excluding hydrogens is 398 g/mol. The minimum absolute atomic E-state index is 0.191. The van der Waals surface area contributed by atoms with E-state index in [4.69, 9.17) is 15.2 Å². The molecular formula is C22H27N5O4. The summed E-state index contributed by atoms with van der Waals surface area (Å²) in [5, 5.41) is 5.59. The van der Waals surface area contributed by atoms with Crippen molar-refractivity contribution in [3.05, 3.63) is 54.0 Å². The van der Waals surface area contributed by atoms with Crippen LogP contribution in [0.5, 0.6) is 5.88 Å². The zero-order valence-electron chi connectivity index (χ0n) is 17.5. The van der Waals surface area contributed by atoms with Crippen molar-refractivity contribution in [3.63, 3.8) is 0 Å². The van der Waals surface area contributed by atoms with E-state index in [1.807, 2.05) is 0 Å². The molecule has 0 spiro atoms. The maximum absolute atomic E-state index is 12.6. The number of hydrogen-bond donors (Lipinski definition) is 3. The average molecular weight is 425 g/mol. The standard InChI is InChI=1S/C22H27N5O4/c1-30-20-12-16(5-9-24-20)18(13-23)22(29)27-19-3-2-17(14-26-19)21(28)25-8-4-15-6-10-31-11-7-15/h2-3,5,9,12-15H,4,6-8,10-11,23H2,1H3,(H,25,28)(H,26,27,29). The second-order valence-corrected chi connectivity index (χ2v) is 7.15. The van der Waals surface area contributed by atoms with Crippen LogP contribution in [-0.2, 0) is 9.53 Å². The molecule has 9 heteroatoms. The van der Waals surface area contributed by atoms with Crippen molar-refractivity contribution in [2.75, 3.05) is 32.2 Å². The number of anilines is 1. The summed E-state index contributed by atoms with van der Waals surface area (Å²) in [6.45, 7) is 2.21. The third-order valence-corrected chi connectivity index (χ3v) is 5.11. The topological polar surface area (TPSA) is 128 Å². The molecule has 0 aromatic carbocycles. The van der Waals surface area contributed by atoms with Crippen molar-refractivity contribution >= 4 is 23.2 Å². The van der Waals surface area contributed by atoms with E-state index >= 15 is 0 Å². The van der Waals surface area contributed by atoms with Gasteiger partial charge in [0.15, 0.2) is 0 Å². The van der Waals surface area contributed by atoms with Gasteiger partial charge in [-0.2, -0.15) is 0 Å². The number of nitrogens with zero attached hydrogens (tertiary/aromatic N) is 2. The number of rotatable bonds is 8. The van der Waals surface area contributed by atoms with E-state index in [1.54, 1.807) is 24.3 Å². The van der Waals surface area contributed by atoms with Gasteiger partial charge < -0.3 is 25.8 Å². The lowest BCUT2D eigenvalue weighted by Crippen LogP contribution is -2.27. The Kier molecular flexibility index (Phi) is 7.94. The Hall–Kier alpha value is -3.46. The second-order valence-electron chi connectivity index (χ2n) is 7.15. The van der Waals surface area contributed by atoms with E-state index in [0.717, 1.165) is 32.5 Å². The molecule has 0 radical (unpaired) electrons. The Morgan fingerprint density at radius 2 is 2.03 bits per heavy atom. The maximum atomic E-state index is 12.6. The molecule has 164 valence electrons. The third kappa shape index (κ3) is 6.26. The van der Waals surface area contributed by atoms with Crippen LogP contribution in [0.25, 0.3) is 5.57 Å². The highest BCUT2D eigenvalue weighted by atomic mass is 16.5. The normalized spacial score (nSPS) is 14.7. The lowest BCUT2D eigenvalue weighted by Gasteiger charge is -2.21. The number of methoxy groups -OCH3 is 1. The summed E-state index contributed by atoms with van der Waals surface area (Å²) < 4.78 is 10.4. The zero-order valence-corrected chi connectivity index (χ0v) is 17.5. The Morgan fingerprint density at radius 3 is 2.71 bits per heavy atom. The molecule has 1 saturated heterocycles. The minimum atomic E-state index is -0.433. The predicted octanol–water partition coefficient (Wildman–Crippen LogP) is 1.97. The Bertz CT molecular complexity index is 924.